The van der Waals surface area contributed by atoms with Gasteiger partial charge < -0.3 is 15.5 Å². The van der Waals surface area contributed by atoms with Crippen LogP contribution in [-0.2, 0) is 4.79 Å². The van der Waals surface area contributed by atoms with Crippen LogP contribution in [0.2, 0.25) is 5.02 Å². The summed E-state index contributed by atoms with van der Waals surface area (Å²) in [6.45, 7) is 4.76. The first-order valence-corrected chi connectivity index (χ1v) is 11.2. The van der Waals surface area contributed by atoms with Crippen molar-refractivity contribution in [3.8, 4) is 0 Å². The van der Waals surface area contributed by atoms with E-state index in [9.17, 15) is 9.59 Å². The molecule has 1 aliphatic heterocycles. The first kappa shape index (κ1) is 22.7. The van der Waals surface area contributed by atoms with Crippen LogP contribution in [0.25, 0.3) is 0 Å². The number of ketones is 1. The van der Waals surface area contributed by atoms with Gasteiger partial charge in [0.15, 0.2) is 5.78 Å². The minimum absolute atomic E-state index is 0.0268. The molecule has 1 saturated heterocycles. The lowest BCUT2D eigenvalue weighted by atomic mass is 9.89. The molecule has 0 spiro atoms. The largest absolute Gasteiger partial charge is 0.341 e. The summed E-state index contributed by atoms with van der Waals surface area (Å²) in [7, 11) is 0. The molecule has 170 valence electrons. The summed E-state index contributed by atoms with van der Waals surface area (Å²) < 4.78 is 0. The zero-order chi connectivity index (χ0) is 23.4. The van der Waals surface area contributed by atoms with Crippen LogP contribution in [0.4, 0.5) is 23.3 Å². The molecule has 0 bridgehead atoms. The van der Waals surface area contributed by atoms with E-state index < -0.39 is 0 Å². The summed E-state index contributed by atoms with van der Waals surface area (Å²) in [4.78, 5) is 39.4. The lowest BCUT2D eigenvalue weighted by molar-refractivity contribution is -0.114. The fourth-order valence-corrected chi connectivity index (χ4v) is 4.03. The highest BCUT2D eigenvalue weighted by Crippen LogP contribution is 2.27. The highest BCUT2D eigenvalue weighted by molar-refractivity contribution is 6.30. The Morgan fingerprint density at radius 1 is 1.03 bits per heavy atom. The monoisotopic (exact) mass is 464 g/mol. The molecule has 2 heterocycles. The number of Topliss-reactive ketones (excluding diaryl/α,β-unsaturated/α-hetero) is 1. The molecule has 9 heteroatoms. The van der Waals surface area contributed by atoms with Crippen LogP contribution in [-0.4, -0.2) is 39.7 Å². The second-order valence-corrected chi connectivity index (χ2v) is 8.46. The van der Waals surface area contributed by atoms with Crippen LogP contribution in [0.15, 0.2) is 48.8 Å². The molecule has 0 unspecified atom stereocenters. The SMILES string of the molecule is CC(=O)Nc1cccc(Nc2ncnc(N3CCC(C(=O)c4ccc(Cl)cc4)CC3)n2)c1C. The van der Waals surface area contributed by atoms with Gasteiger partial charge >= 0.3 is 0 Å². The zero-order valence-corrected chi connectivity index (χ0v) is 19.3. The maximum atomic E-state index is 12.8. The number of nitrogens with one attached hydrogen (secondary N) is 2. The van der Waals surface area contributed by atoms with Crippen LogP contribution in [0, 0.1) is 12.8 Å². The average molecular weight is 465 g/mol. The molecule has 2 N–H and O–H groups in total. The molecule has 3 aromatic rings. The van der Waals surface area contributed by atoms with Crippen molar-refractivity contribution in [3.63, 3.8) is 0 Å². The number of hydrogen-bond acceptors (Lipinski definition) is 7. The summed E-state index contributed by atoms with van der Waals surface area (Å²) >= 11 is 5.93. The standard InChI is InChI=1S/C24H25ClN6O2/c1-15-20(28-16(2)32)4-3-5-21(15)29-23-26-14-27-24(30-23)31-12-10-18(11-13-31)22(33)17-6-8-19(25)9-7-17/h3-9,14,18H,10-13H2,1-2H3,(H,28,32)(H,26,27,29,30). The van der Waals surface area contributed by atoms with E-state index in [0.29, 0.717) is 35.6 Å². The molecule has 0 radical (unpaired) electrons. The van der Waals surface area contributed by atoms with Crippen molar-refractivity contribution in [2.45, 2.75) is 26.7 Å². The molecule has 1 aliphatic rings. The van der Waals surface area contributed by atoms with Gasteiger partial charge in [0.05, 0.1) is 0 Å². The molecule has 1 fully saturated rings. The summed E-state index contributed by atoms with van der Waals surface area (Å²) in [6.07, 6.45) is 2.93. The second-order valence-electron chi connectivity index (χ2n) is 8.03. The summed E-state index contributed by atoms with van der Waals surface area (Å²) in [5, 5.41) is 6.65. The quantitative estimate of drug-likeness (QED) is 0.513. The van der Waals surface area contributed by atoms with Crippen LogP contribution in [0.1, 0.15) is 35.7 Å². The van der Waals surface area contributed by atoms with Gasteiger partial charge in [0, 0.05) is 47.9 Å². The molecule has 0 atom stereocenters. The normalized spacial score (nSPS) is 14.1. The second kappa shape index (κ2) is 9.95. The Morgan fingerprint density at radius 2 is 1.73 bits per heavy atom. The van der Waals surface area contributed by atoms with E-state index in [1.165, 1.54) is 13.3 Å². The number of amides is 1. The molecular weight excluding hydrogens is 440 g/mol. The smallest absolute Gasteiger partial charge is 0.232 e. The van der Waals surface area contributed by atoms with Gasteiger partial charge in [-0.3, -0.25) is 9.59 Å². The van der Waals surface area contributed by atoms with E-state index >= 15 is 0 Å². The number of rotatable bonds is 6. The third-order valence-corrected chi connectivity index (χ3v) is 5.98. The highest BCUT2D eigenvalue weighted by atomic mass is 35.5. The van der Waals surface area contributed by atoms with Gasteiger partial charge in [-0.05, 0) is 61.7 Å². The van der Waals surface area contributed by atoms with Crippen molar-refractivity contribution >= 4 is 46.6 Å². The Labute approximate surface area is 197 Å². The molecule has 4 rings (SSSR count). The molecule has 1 aromatic heterocycles. The Bertz CT molecular complexity index is 1160. The minimum atomic E-state index is -0.129. The predicted molar refractivity (Wildman–Crippen MR) is 129 cm³/mol. The van der Waals surface area contributed by atoms with Gasteiger partial charge in [0.25, 0.3) is 0 Å². The molecular formula is C24H25ClN6O2. The lowest BCUT2D eigenvalue weighted by Crippen LogP contribution is -2.37. The summed E-state index contributed by atoms with van der Waals surface area (Å²) in [5.41, 5.74) is 3.11. The zero-order valence-electron chi connectivity index (χ0n) is 18.5. The van der Waals surface area contributed by atoms with Gasteiger partial charge in [-0.2, -0.15) is 4.98 Å². The van der Waals surface area contributed by atoms with Gasteiger partial charge in [0.2, 0.25) is 17.8 Å². The molecule has 0 aliphatic carbocycles. The number of carbonyl (C=O) groups is 2. The van der Waals surface area contributed by atoms with E-state index in [-0.39, 0.29) is 17.6 Å². The maximum absolute atomic E-state index is 12.8. The first-order chi connectivity index (χ1) is 15.9. The maximum Gasteiger partial charge on any atom is 0.232 e. The van der Waals surface area contributed by atoms with Gasteiger partial charge in [-0.1, -0.05) is 17.7 Å². The van der Waals surface area contributed by atoms with Crippen molar-refractivity contribution in [3.05, 3.63) is 64.9 Å². The van der Waals surface area contributed by atoms with Gasteiger partial charge in [0.1, 0.15) is 6.33 Å². The van der Waals surface area contributed by atoms with Crippen molar-refractivity contribution in [2.75, 3.05) is 28.6 Å². The Hall–Kier alpha value is -3.52. The number of carbonyl (C=O) groups excluding carboxylic acids is 2. The number of halogens is 1. The molecule has 8 nitrogen and oxygen atoms in total. The predicted octanol–water partition coefficient (Wildman–Crippen LogP) is 4.63. The van der Waals surface area contributed by atoms with E-state index in [0.717, 1.165) is 29.8 Å². The van der Waals surface area contributed by atoms with E-state index in [1.54, 1.807) is 24.3 Å². The van der Waals surface area contributed by atoms with E-state index in [2.05, 4.69) is 30.5 Å². The molecule has 2 aromatic carbocycles. The van der Waals surface area contributed by atoms with Gasteiger partial charge in [-0.25, -0.2) is 9.97 Å². The Kier molecular flexibility index (Phi) is 6.84. The van der Waals surface area contributed by atoms with Gasteiger partial charge in [-0.15, -0.1) is 0 Å². The number of benzene rings is 2. The summed E-state index contributed by atoms with van der Waals surface area (Å²) in [6, 6.07) is 12.7. The fourth-order valence-electron chi connectivity index (χ4n) is 3.91. The van der Waals surface area contributed by atoms with E-state index in [1.807, 2.05) is 25.1 Å². The fraction of sp³-hybridized carbons (Fsp3) is 0.292. The molecule has 1 amide bonds. The summed E-state index contributed by atoms with van der Waals surface area (Å²) in [5.74, 6) is 0.985. The lowest BCUT2D eigenvalue weighted by Gasteiger charge is -2.31. The number of aromatic nitrogens is 3. The minimum Gasteiger partial charge on any atom is -0.341 e. The Morgan fingerprint density at radius 3 is 2.42 bits per heavy atom. The van der Waals surface area contributed by atoms with Crippen molar-refractivity contribution in [1.29, 1.82) is 0 Å². The number of anilines is 4. The van der Waals surface area contributed by atoms with Crippen molar-refractivity contribution in [1.82, 2.24) is 15.0 Å². The molecule has 0 saturated carbocycles. The topological polar surface area (TPSA) is 100 Å². The highest BCUT2D eigenvalue weighted by Gasteiger charge is 2.27. The average Bonchev–Trinajstić information content (AvgIpc) is 2.82. The number of nitrogens with zero attached hydrogens (tertiary/aromatic N) is 4. The Balaban J connectivity index is 1.41. The number of hydrogen-bond donors (Lipinski definition) is 2. The van der Waals surface area contributed by atoms with Crippen LogP contribution < -0.4 is 15.5 Å². The van der Waals surface area contributed by atoms with Crippen molar-refractivity contribution < 1.29 is 9.59 Å². The van der Waals surface area contributed by atoms with Crippen molar-refractivity contribution in [2.24, 2.45) is 5.92 Å². The van der Waals surface area contributed by atoms with E-state index in [4.69, 9.17) is 11.6 Å². The van der Waals surface area contributed by atoms with Crippen LogP contribution in [0.3, 0.4) is 0 Å². The van der Waals surface area contributed by atoms with Crippen LogP contribution in [0.5, 0.6) is 0 Å². The third kappa shape index (κ3) is 5.46. The molecule has 33 heavy (non-hydrogen) atoms. The first-order valence-electron chi connectivity index (χ1n) is 10.8. The third-order valence-electron chi connectivity index (χ3n) is 5.73. The number of piperidine rings is 1. The van der Waals surface area contributed by atoms with Crippen LogP contribution >= 0.6 is 11.6 Å².